The number of hydrogen-bond donors (Lipinski definition) is 1. The van der Waals surface area contributed by atoms with Crippen LogP contribution in [0.1, 0.15) is 27.2 Å². The molecule has 0 aliphatic heterocycles. The average molecular weight is 260 g/mol. The maximum absolute atomic E-state index is 11.3. The van der Waals surface area contributed by atoms with Gasteiger partial charge in [-0.3, -0.25) is 4.79 Å². The van der Waals surface area contributed by atoms with E-state index in [1.54, 1.807) is 20.8 Å². The second-order valence-electron chi connectivity index (χ2n) is 5.20. The van der Waals surface area contributed by atoms with Crippen LogP contribution in [0.4, 0.5) is 4.79 Å². The summed E-state index contributed by atoms with van der Waals surface area (Å²) in [4.78, 5) is 24.4. The van der Waals surface area contributed by atoms with Gasteiger partial charge in [-0.1, -0.05) is 0 Å². The maximum Gasteiger partial charge on any atom is 0.407 e. The van der Waals surface area contributed by atoms with Crippen molar-refractivity contribution in [3.05, 3.63) is 0 Å². The van der Waals surface area contributed by atoms with Crippen molar-refractivity contribution >= 4 is 12.1 Å². The van der Waals surface area contributed by atoms with Gasteiger partial charge in [0.25, 0.3) is 0 Å². The molecule has 0 unspecified atom stereocenters. The van der Waals surface area contributed by atoms with Gasteiger partial charge >= 0.3 is 12.1 Å². The molecule has 1 amide bonds. The summed E-state index contributed by atoms with van der Waals surface area (Å²) in [6, 6.07) is 0. The van der Waals surface area contributed by atoms with Gasteiger partial charge in [-0.15, -0.1) is 0 Å². The van der Waals surface area contributed by atoms with Crippen LogP contribution in [0, 0.1) is 0 Å². The molecule has 0 saturated carbocycles. The molecule has 0 aromatic rings. The average Bonchev–Trinajstić information content (AvgIpc) is 2.13. The standard InChI is InChI=1S/C12H24N2O4/c1-12(2,3)18-11(16)13-7-6-10(15)17-9-8-14(4)5/h6-9H2,1-5H3,(H,13,16). The quantitative estimate of drug-likeness (QED) is 0.722. The van der Waals surface area contributed by atoms with Gasteiger partial charge in [0.2, 0.25) is 0 Å². The van der Waals surface area contributed by atoms with E-state index >= 15 is 0 Å². The Labute approximate surface area is 109 Å². The summed E-state index contributed by atoms with van der Waals surface area (Å²) in [6.45, 7) is 6.60. The van der Waals surface area contributed by atoms with Crippen molar-refractivity contribution in [2.75, 3.05) is 33.8 Å². The van der Waals surface area contributed by atoms with Gasteiger partial charge in [0.15, 0.2) is 0 Å². The van der Waals surface area contributed by atoms with E-state index in [1.165, 1.54) is 0 Å². The van der Waals surface area contributed by atoms with Crippen LogP contribution in [0.5, 0.6) is 0 Å². The van der Waals surface area contributed by atoms with Crippen molar-refractivity contribution in [1.82, 2.24) is 10.2 Å². The number of alkyl carbamates (subject to hydrolysis) is 1. The van der Waals surface area contributed by atoms with E-state index in [2.05, 4.69) is 5.32 Å². The minimum atomic E-state index is -0.531. The molecule has 6 heteroatoms. The molecule has 0 saturated heterocycles. The third-order valence-corrected chi connectivity index (χ3v) is 1.80. The van der Waals surface area contributed by atoms with Crippen LogP contribution >= 0.6 is 0 Å². The van der Waals surface area contributed by atoms with Crippen molar-refractivity contribution in [2.24, 2.45) is 0 Å². The van der Waals surface area contributed by atoms with E-state index in [9.17, 15) is 9.59 Å². The molecular formula is C12H24N2O4. The monoisotopic (exact) mass is 260 g/mol. The number of carbonyl (C=O) groups is 2. The Kier molecular flexibility index (Phi) is 7.35. The van der Waals surface area contributed by atoms with Gasteiger partial charge in [0, 0.05) is 13.1 Å². The zero-order valence-electron chi connectivity index (χ0n) is 11.9. The third-order valence-electron chi connectivity index (χ3n) is 1.80. The third kappa shape index (κ3) is 11.2. The van der Waals surface area contributed by atoms with Crippen LogP contribution in [0.25, 0.3) is 0 Å². The van der Waals surface area contributed by atoms with E-state index in [0.29, 0.717) is 13.2 Å². The smallest absolute Gasteiger partial charge is 0.407 e. The number of likely N-dealkylation sites (N-methyl/N-ethyl adjacent to an activating group) is 1. The number of hydrogen-bond acceptors (Lipinski definition) is 5. The number of rotatable bonds is 6. The van der Waals surface area contributed by atoms with Crippen molar-refractivity contribution in [3.63, 3.8) is 0 Å². The first-order valence-corrected chi connectivity index (χ1v) is 5.98. The Balaban J connectivity index is 3.59. The highest BCUT2D eigenvalue weighted by atomic mass is 16.6. The molecule has 0 spiro atoms. The van der Waals surface area contributed by atoms with Crippen LogP contribution in [0.15, 0.2) is 0 Å². The molecule has 0 radical (unpaired) electrons. The number of nitrogens with zero attached hydrogens (tertiary/aromatic N) is 1. The Morgan fingerprint density at radius 2 is 1.83 bits per heavy atom. The van der Waals surface area contributed by atoms with Gasteiger partial charge in [-0.2, -0.15) is 0 Å². The molecule has 0 aromatic heterocycles. The lowest BCUT2D eigenvalue weighted by molar-refractivity contribution is -0.143. The lowest BCUT2D eigenvalue weighted by atomic mass is 10.2. The highest BCUT2D eigenvalue weighted by Crippen LogP contribution is 2.06. The molecule has 0 aliphatic rings. The Hall–Kier alpha value is -1.30. The van der Waals surface area contributed by atoms with Gasteiger partial charge in [0.05, 0.1) is 6.42 Å². The van der Waals surface area contributed by atoms with Gasteiger partial charge in [-0.25, -0.2) is 4.79 Å². The summed E-state index contributed by atoms with van der Waals surface area (Å²) in [6.07, 6.45) is -0.379. The molecule has 18 heavy (non-hydrogen) atoms. The number of esters is 1. The van der Waals surface area contributed by atoms with Crippen molar-refractivity contribution in [2.45, 2.75) is 32.8 Å². The molecule has 0 fully saturated rings. The largest absolute Gasteiger partial charge is 0.464 e. The van der Waals surface area contributed by atoms with E-state index in [4.69, 9.17) is 9.47 Å². The number of amides is 1. The molecular weight excluding hydrogens is 236 g/mol. The molecule has 0 rings (SSSR count). The molecule has 1 N–H and O–H groups in total. The number of carbonyl (C=O) groups excluding carboxylic acids is 2. The first-order valence-electron chi connectivity index (χ1n) is 5.98. The zero-order valence-corrected chi connectivity index (χ0v) is 11.9. The van der Waals surface area contributed by atoms with Gasteiger partial charge in [0.1, 0.15) is 12.2 Å². The second kappa shape index (κ2) is 7.92. The SMILES string of the molecule is CN(C)CCOC(=O)CCNC(=O)OC(C)(C)C. The predicted molar refractivity (Wildman–Crippen MR) is 68.4 cm³/mol. The second-order valence-corrected chi connectivity index (χ2v) is 5.20. The summed E-state index contributed by atoms with van der Waals surface area (Å²) in [7, 11) is 3.80. The van der Waals surface area contributed by atoms with Gasteiger partial charge < -0.3 is 19.7 Å². The van der Waals surface area contributed by atoms with E-state index in [-0.39, 0.29) is 18.9 Å². The zero-order chi connectivity index (χ0) is 14.2. The van der Waals surface area contributed by atoms with Crippen LogP contribution < -0.4 is 5.32 Å². The molecule has 0 atom stereocenters. The molecule has 106 valence electrons. The fourth-order valence-electron chi connectivity index (χ4n) is 0.995. The summed E-state index contributed by atoms with van der Waals surface area (Å²) in [5.41, 5.74) is -0.531. The van der Waals surface area contributed by atoms with Crippen molar-refractivity contribution in [3.8, 4) is 0 Å². The lowest BCUT2D eigenvalue weighted by Crippen LogP contribution is -2.33. The lowest BCUT2D eigenvalue weighted by Gasteiger charge is -2.19. The minimum Gasteiger partial charge on any atom is -0.464 e. The maximum atomic E-state index is 11.3. The molecule has 0 heterocycles. The van der Waals surface area contributed by atoms with E-state index in [1.807, 2.05) is 19.0 Å². The van der Waals surface area contributed by atoms with Crippen molar-refractivity contribution < 1.29 is 19.1 Å². The molecule has 0 aromatic carbocycles. The summed E-state index contributed by atoms with van der Waals surface area (Å²) in [5, 5.41) is 2.50. The Morgan fingerprint density at radius 1 is 1.22 bits per heavy atom. The summed E-state index contributed by atoms with van der Waals surface area (Å²) in [5.74, 6) is -0.326. The van der Waals surface area contributed by atoms with Crippen LogP contribution in [-0.2, 0) is 14.3 Å². The first-order chi connectivity index (χ1) is 8.20. The Morgan fingerprint density at radius 3 is 2.33 bits per heavy atom. The van der Waals surface area contributed by atoms with Crippen LogP contribution in [0.3, 0.4) is 0 Å². The normalized spacial score (nSPS) is 11.2. The van der Waals surface area contributed by atoms with Gasteiger partial charge in [-0.05, 0) is 34.9 Å². The number of nitrogens with one attached hydrogen (secondary N) is 1. The molecule has 0 bridgehead atoms. The number of ether oxygens (including phenoxy) is 2. The first kappa shape index (κ1) is 16.7. The summed E-state index contributed by atoms with van der Waals surface area (Å²) >= 11 is 0. The molecule has 0 aliphatic carbocycles. The summed E-state index contributed by atoms with van der Waals surface area (Å²) < 4.78 is 9.99. The Bertz CT molecular complexity index is 272. The van der Waals surface area contributed by atoms with E-state index < -0.39 is 11.7 Å². The predicted octanol–water partition coefficient (Wildman–Crippen LogP) is 1.01. The minimum absolute atomic E-state index is 0.146. The fraction of sp³-hybridized carbons (Fsp3) is 0.833. The fourth-order valence-corrected chi connectivity index (χ4v) is 0.995. The van der Waals surface area contributed by atoms with E-state index in [0.717, 1.165) is 0 Å². The van der Waals surface area contributed by atoms with Crippen molar-refractivity contribution in [1.29, 1.82) is 0 Å². The topological polar surface area (TPSA) is 67.9 Å². The van der Waals surface area contributed by atoms with Crippen LogP contribution in [-0.4, -0.2) is 56.4 Å². The molecule has 6 nitrogen and oxygen atoms in total. The highest BCUT2D eigenvalue weighted by Gasteiger charge is 2.15. The highest BCUT2D eigenvalue weighted by molar-refractivity contribution is 5.71. The van der Waals surface area contributed by atoms with Crippen LogP contribution in [0.2, 0.25) is 0 Å².